The Morgan fingerprint density at radius 2 is 2.00 bits per heavy atom. The molecule has 1 N–H and O–H groups in total. The zero-order chi connectivity index (χ0) is 12.3. The number of halogens is 1. The van der Waals surface area contributed by atoms with E-state index in [4.69, 9.17) is 0 Å². The Kier molecular flexibility index (Phi) is 4.05. The summed E-state index contributed by atoms with van der Waals surface area (Å²) in [6.45, 7) is 0. The summed E-state index contributed by atoms with van der Waals surface area (Å²) >= 11 is 3.97. The third-order valence-corrected chi connectivity index (χ3v) is 3.49. The highest BCUT2D eigenvalue weighted by molar-refractivity contribution is 7.80. The molecule has 0 bridgehead atoms. The minimum absolute atomic E-state index is 0.132. The largest absolute Gasteiger partial charge is 0.349 e. The number of nitrogens with one attached hydrogen (secondary N) is 1. The van der Waals surface area contributed by atoms with Crippen LogP contribution in [-0.4, -0.2) is 11.9 Å². The Morgan fingerprint density at radius 1 is 1.29 bits per heavy atom. The van der Waals surface area contributed by atoms with Gasteiger partial charge >= 0.3 is 0 Å². The molecule has 92 valence electrons. The molecule has 2 nitrogen and oxygen atoms in total. The molecule has 4 heteroatoms. The van der Waals surface area contributed by atoms with Crippen molar-refractivity contribution in [2.24, 2.45) is 0 Å². The van der Waals surface area contributed by atoms with Crippen LogP contribution in [0.5, 0.6) is 0 Å². The van der Waals surface area contributed by atoms with Gasteiger partial charge in [-0.3, -0.25) is 4.79 Å². The predicted molar refractivity (Wildman–Crippen MR) is 68.0 cm³/mol. The lowest BCUT2D eigenvalue weighted by molar-refractivity contribution is 0.0927. The summed E-state index contributed by atoms with van der Waals surface area (Å²) < 4.78 is 13.0. The van der Waals surface area contributed by atoms with Crippen molar-refractivity contribution < 1.29 is 9.18 Å². The average molecular weight is 253 g/mol. The molecule has 0 saturated heterocycles. The zero-order valence-electron chi connectivity index (χ0n) is 9.58. The third kappa shape index (κ3) is 3.22. The summed E-state index contributed by atoms with van der Waals surface area (Å²) in [5, 5.41) is 2.99. The molecule has 1 amide bonds. The van der Waals surface area contributed by atoms with Crippen LogP contribution in [0.4, 0.5) is 4.39 Å². The molecule has 1 fully saturated rings. The van der Waals surface area contributed by atoms with Crippen LogP contribution in [0.25, 0.3) is 0 Å². The minimum atomic E-state index is -0.400. The first-order valence-electron chi connectivity index (χ1n) is 5.96. The highest BCUT2D eigenvalue weighted by Gasteiger charge is 2.16. The Bertz CT molecular complexity index is 416. The van der Waals surface area contributed by atoms with Gasteiger partial charge in [0.15, 0.2) is 0 Å². The molecule has 1 saturated carbocycles. The molecule has 0 spiro atoms. The van der Waals surface area contributed by atoms with E-state index in [2.05, 4.69) is 17.9 Å². The van der Waals surface area contributed by atoms with E-state index in [9.17, 15) is 9.18 Å². The second kappa shape index (κ2) is 5.54. The van der Waals surface area contributed by atoms with Crippen molar-refractivity contribution in [3.05, 3.63) is 29.6 Å². The van der Waals surface area contributed by atoms with Crippen molar-refractivity contribution in [1.82, 2.24) is 5.32 Å². The summed E-state index contributed by atoms with van der Waals surface area (Å²) in [5.41, 5.74) is 0.474. The monoisotopic (exact) mass is 253 g/mol. The van der Waals surface area contributed by atoms with Crippen molar-refractivity contribution >= 4 is 18.5 Å². The molecule has 0 unspecified atom stereocenters. The number of carbonyl (C=O) groups is 1. The molecule has 0 radical (unpaired) electrons. The number of amides is 1. The number of carbonyl (C=O) groups excluding carboxylic acids is 1. The first-order chi connectivity index (χ1) is 8.16. The van der Waals surface area contributed by atoms with E-state index in [-0.39, 0.29) is 16.8 Å². The summed E-state index contributed by atoms with van der Waals surface area (Å²) in [4.78, 5) is 12.1. The molecule has 0 heterocycles. The SMILES string of the molecule is O=C(NC1CCCCC1)c1ccc(F)c(S)c1. The average Bonchev–Trinajstić information content (AvgIpc) is 2.34. The molecule has 1 aliphatic carbocycles. The maximum atomic E-state index is 13.0. The summed E-state index contributed by atoms with van der Waals surface area (Å²) in [5.74, 6) is -0.533. The van der Waals surface area contributed by atoms with E-state index in [1.807, 2.05) is 0 Å². The number of thiol groups is 1. The normalized spacial score (nSPS) is 16.8. The van der Waals surface area contributed by atoms with Crippen LogP contribution >= 0.6 is 12.6 Å². The quantitative estimate of drug-likeness (QED) is 0.779. The second-order valence-corrected chi connectivity index (χ2v) is 4.96. The molecule has 0 atom stereocenters. The van der Waals surface area contributed by atoms with Crippen molar-refractivity contribution in [1.29, 1.82) is 0 Å². The van der Waals surface area contributed by atoms with E-state index in [0.29, 0.717) is 5.56 Å². The summed E-state index contributed by atoms with van der Waals surface area (Å²) in [7, 11) is 0. The highest BCUT2D eigenvalue weighted by atomic mass is 32.1. The van der Waals surface area contributed by atoms with Crippen LogP contribution in [0.15, 0.2) is 23.1 Å². The summed E-state index contributed by atoms with van der Waals surface area (Å²) in [6.07, 6.45) is 5.68. The molecular weight excluding hydrogens is 237 g/mol. The fourth-order valence-corrected chi connectivity index (χ4v) is 2.38. The maximum Gasteiger partial charge on any atom is 0.251 e. The van der Waals surface area contributed by atoms with Gasteiger partial charge in [-0.15, -0.1) is 12.6 Å². The fourth-order valence-electron chi connectivity index (χ4n) is 2.17. The minimum Gasteiger partial charge on any atom is -0.349 e. The number of hydrogen-bond donors (Lipinski definition) is 2. The topological polar surface area (TPSA) is 29.1 Å². The predicted octanol–water partition coefficient (Wildman–Crippen LogP) is 3.18. The van der Waals surface area contributed by atoms with E-state index < -0.39 is 5.82 Å². The van der Waals surface area contributed by atoms with Crippen molar-refractivity contribution in [2.75, 3.05) is 0 Å². The second-order valence-electron chi connectivity index (χ2n) is 4.47. The van der Waals surface area contributed by atoms with Crippen LogP contribution in [0, 0.1) is 5.82 Å². The van der Waals surface area contributed by atoms with Gasteiger partial charge in [-0.1, -0.05) is 19.3 Å². The fraction of sp³-hybridized carbons (Fsp3) is 0.462. The first-order valence-corrected chi connectivity index (χ1v) is 6.41. The maximum absolute atomic E-state index is 13.0. The number of rotatable bonds is 2. The first kappa shape index (κ1) is 12.4. The van der Waals surface area contributed by atoms with Gasteiger partial charge in [-0.2, -0.15) is 0 Å². The molecule has 17 heavy (non-hydrogen) atoms. The molecule has 0 aromatic heterocycles. The van der Waals surface area contributed by atoms with Crippen molar-refractivity contribution in [3.63, 3.8) is 0 Å². The lowest BCUT2D eigenvalue weighted by Gasteiger charge is -2.22. The summed E-state index contributed by atoms with van der Waals surface area (Å²) in [6, 6.07) is 4.51. The number of hydrogen-bond acceptors (Lipinski definition) is 2. The Hall–Kier alpha value is -1.03. The van der Waals surface area contributed by atoms with Crippen molar-refractivity contribution in [3.8, 4) is 0 Å². The van der Waals surface area contributed by atoms with E-state index >= 15 is 0 Å². The van der Waals surface area contributed by atoms with Gasteiger partial charge in [-0.05, 0) is 31.0 Å². The molecule has 1 aromatic rings. The van der Waals surface area contributed by atoms with Gasteiger partial charge in [0.1, 0.15) is 5.82 Å². The van der Waals surface area contributed by atoms with Crippen LogP contribution < -0.4 is 5.32 Å². The van der Waals surface area contributed by atoms with E-state index in [0.717, 1.165) is 12.8 Å². The van der Waals surface area contributed by atoms with Gasteiger partial charge in [0.05, 0.1) is 0 Å². The lowest BCUT2D eigenvalue weighted by Crippen LogP contribution is -2.36. The van der Waals surface area contributed by atoms with Gasteiger partial charge in [-0.25, -0.2) is 4.39 Å². The molecule has 1 aliphatic rings. The Balaban J connectivity index is 2.01. The van der Waals surface area contributed by atoms with Crippen LogP contribution in [0.1, 0.15) is 42.5 Å². The van der Waals surface area contributed by atoms with Gasteiger partial charge in [0.25, 0.3) is 5.91 Å². The van der Waals surface area contributed by atoms with Gasteiger partial charge in [0.2, 0.25) is 0 Å². The standard InChI is InChI=1S/C13H16FNOS/c14-11-7-6-9(8-12(11)17)13(16)15-10-4-2-1-3-5-10/h6-8,10,17H,1-5H2,(H,15,16). The Morgan fingerprint density at radius 3 is 2.65 bits per heavy atom. The van der Waals surface area contributed by atoms with Gasteiger partial charge in [0, 0.05) is 16.5 Å². The van der Waals surface area contributed by atoms with Crippen molar-refractivity contribution in [2.45, 2.75) is 43.0 Å². The van der Waals surface area contributed by atoms with Crippen LogP contribution in [0.2, 0.25) is 0 Å². The molecule has 0 aliphatic heterocycles. The molecule has 2 rings (SSSR count). The van der Waals surface area contributed by atoms with Crippen LogP contribution in [-0.2, 0) is 0 Å². The molecular formula is C13H16FNOS. The smallest absolute Gasteiger partial charge is 0.251 e. The highest BCUT2D eigenvalue weighted by Crippen LogP contribution is 2.19. The zero-order valence-corrected chi connectivity index (χ0v) is 10.5. The Labute approximate surface area is 106 Å². The van der Waals surface area contributed by atoms with E-state index in [1.165, 1.54) is 37.5 Å². The van der Waals surface area contributed by atoms with Gasteiger partial charge < -0.3 is 5.32 Å². The third-order valence-electron chi connectivity index (χ3n) is 3.15. The lowest BCUT2D eigenvalue weighted by atomic mass is 9.95. The van der Waals surface area contributed by atoms with Crippen LogP contribution in [0.3, 0.4) is 0 Å². The van der Waals surface area contributed by atoms with E-state index in [1.54, 1.807) is 0 Å². The molecule has 1 aromatic carbocycles. The number of benzene rings is 1.